The minimum atomic E-state index is -0.318. The number of nitrogens with one attached hydrogen (secondary N) is 2. The van der Waals surface area contributed by atoms with Crippen LogP contribution in [0.5, 0.6) is 0 Å². The number of carbonyl (C=O) groups is 3. The second-order valence-corrected chi connectivity index (χ2v) is 6.40. The van der Waals surface area contributed by atoms with Crippen LogP contribution in [0.1, 0.15) is 25.8 Å². The Morgan fingerprint density at radius 1 is 1.17 bits per heavy atom. The van der Waals surface area contributed by atoms with Gasteiger partial charge in [0.2, 0.25) is 17.7 Å². The van der Waals surface area contributed by atoms with Crippen molar-refractivity contribution in [1.29, 1.82) is 0 Å². The molecule has 24 heavy (non-hydrogen) atoms. The lowest BCUT2D eigenvalue weighted by molar-refractivity contribution is -0.129. The maximum Gasteiger partial charge on any atom is 0.225 e. The van der Waals surface area contributed by atoms with Gasteiger partial charge in [-0.05, 0) is 5.56 Å². The predicted molar refractivity (Wildman–Crippen MR) is 90.8 cm³/mol. The fourth-order valence-electron chi connectivity index (χ4n) is 2.62. The van der Waals surface area contributed by atoms with Crippen LogP contribution in [0, 0.1) is 11.8 Å². The van der Waals surface area contributed by atoms with Gasteiger partial charge in [0.15, 0.2) is 0 Å². The Kier molecular flexibility index (Phi) is 6.35. The summed E-state index contributed by atoms with van der Waals surface area (Å²) in [6.45, 7) is 5.39. The largest absolute Gasteiger partial charge is 0.354 e. The summed E-state index contributed by atoms with van der Waals surface area (Å²) >= 11 is 0. The van der Waals surface area contributed by atoms with Crippen LogP contribution < -0.4 is 10.6 Å². The topological polar surface area (TPSA) is 78.5 Å². The molecule has 1 aliphatic rings. The minimum Gasteiger partial charge on any atom is -0.354 e. The van der Waals surface area contributed by atoms with Crippen LogP contribution in [0.4, 0.5) is 0 Å². The lowest BCUT2D eigenvalue weighted by atomic mass is 10.1. The van der Waals surface area contributed by atoms with Gasteiger partial charge < -0.3 is 15.5 Å². The number of hydrogen-bond acceptors (Lipinski definition) is 3. The van der Waals surface area contributed by atoms with Crippen LogP contribution in [0.2, 0.25) is 0 Å². The molecule has 3 amide bonds. The highest BCUT2D eigenvalue weighted by Gasteiger charge is 2.33. The molecule has 0 aliphatic carbocycles. The summed E-state index contributed by atoms with van der Waals surface area (Å²) in [5.74, 6) is -0.541. The first-order chi connectivity index (χ1) is 11.5. The Morgan fingerprint density at radius 3 is 2.50 bits per heavy atom. The van der Waals surface area contributed by atoms with Crippen molar-refractivity contribution in [2.75, 3.05) is 19.6 Å². The summed E-state index contributed by atoms with van der Waals surface area (Å²) in [6, 6.07) is 9.75. The smallest absolute Gasteiger partial charge is 0.225 e. The van der Waals surface area contributed by atoms with Gasteiger partial charge >= 0.3 is 0 Å². The third-order valence-electron chi connectivity index (χ3n) is 4.05. The molecule has 1 atom stereocenters. The number of benzene rings is 1. The molecular weight excluding hydrogens is 306 g/mol. The molecule has 2 rings (SSSR count). The summed E-state index contributed by atoms with van der Waals surface area (Å²) in [6.07, 6.45) is 0.247. The fourth-order valence-corrected chi connectivity index (χ4v) is 2.62. The Morgan fingerprint density at radius 2 is 1.83 bits per heavy atom. The average molecular weight is 331 g/mol. The van der Waals surface area contributed by atoms with Crippen LogP contribution >= 0.6 is 0 Å². The molecule has 1 unspecified atom stereocenters. The van der Waals surface area contributed by atoms with Crippen LogP contribution in [0.3, 0.4) is 0 Å². The van der Waals surface area contributed by atoms with E-state index >= 15 is 0 Å². The van der Waals surface area contributed by atoms with Crippen LogP contribution in [0.25, 0.3) is 0 Å². The van der Waals surface area contributed by atoms with E-state index in [9.17, 15) is 14.4 Å². The lowest BCUT2D eigenvalue weighted by Crippen LogP contribution is -2.39. The van der Waals surface area contributed by atoms with Crippen molar-refractivity contribution in [2.24, 2.45) is 11.8 Å². The van der Waals surface area contributed by atoms with Gasteiger partial charge in [-0.25, -0.2) is 0 Å². The number of likely N-dealkylation sites (tertiary alicyclic amines) is 1. The summed E-state index contributed by atoms with van der Waals surface area (Å²) in [5, 5.41) is 5.54. The van der Waals surface area contributed by atoms with Crippen molar-refractivity contribution in [1.82, 2.24) is 15.5 Å². The van der Waals surface area contributed by atoms with E-state index in [-0.39, 0.29) is 36.0 Å². The van der Waals surface area contributed by atoms with Gasteiger partial charge in [-0.2, -0.15) is 0 Å². The van der Waals surface area contributed by atoms with Crippen molar-refractivity contribution >= 4 is 17.7 Å². The third-order valence-corrected chi connectivity index (χ3v) is 4.05. The molecule has 2 N–H and O–H groups in total. The van der Waals surface area contributed by atoms with E-state index < -0.39 is 0 Å². The highest BCUT2D eigenvalue weighted by molar-refractivity contribution is 5.89. The van der Waals surface area contributed by atoms with E-state index in [2.05, 4.69) is 10.6 Å². The van der Waals surface area contributed by atoms with Crippen molar-refractivity contribution in [3.8, 4) is 0 Å². The zero-order valence-corrected chi connectivity index (χ0v) is 14.2. The first-order valence-corrected chi connectivity index (χ1v) is 8.34. The van der Waals surface area contributed by atoms with Gasteiger partial charge in [-0.15, -0.1) is 0 Å². The molecule has 6 heteroatoms. The van der Waals surface area contributed by atoms with Crippen molar-refractivity contribution in [2.45, 2.75) is 26.8 Å². The number of hydrogen-bond donors (Lipinski definition) is 2. The molecule has 1 aliphatic heterocycles. The molecule has 130 valence electrons. The Bertz CT molecular complexity index is 586. The summed E-state index contributed by atoms with van der Waals surface area (Å²) in [7, 11) is 0. The number of nitrogens with zero attached hydrogens (tertiary/aromatic N) is 1. The molecule has 0 aromatic heterocycles. The zero-order chi connectivity index (χ0) is 17.5. The quantitative estimate of drug-likeness (QED) is 0.730. The molecule has 1 saturated heterocycles. The second-order valence-electron chi connectivity index (χ2n) is 6.40. The van der Waals surface area contributed by atoms with E-state index in [4.69, 9.17) is 0 Å². The van der Waals surface area contributed by atoms with E-state index in [1.54, 1.807) is 4.90 Å². The zero-order valence-electron chi connectivity index (χ0n) is 14.2. The van der Waals surface area contributed by atoms with Gasteiger partial charge in [0.25, 0.3) is 0 Å². The Labute approximate surface area is 142 Å². The standard InChI is InChI=1S/C18H25N3O3/c1-13(2)17(23)19-8-9-20-18(24)15-10-16(22)21(12-15)11-14-6-4-3-5-7-14/h3-7,13,15H,8-12H2,1-2H3,(H,19,23)(H,20,24). The molecule has 1 aromatic carbocycles. The van der Waals surface area contributed by atoms with Gasteiger partial charge in [-0.3, -0.25) is 14.4 Å². The van der Waals surface area contributed by atoms with Gasteiger partial charge in [0, 0.05) is 38.5 Å². The maximum absolute atomic E-state index is 12.2. The fraction of sp³-hybridized carbons (Fsp3) is 0.500. The molecule has 0 saturated carbocycles. The predicted octanol–water partition coefficient (Wildman–Crippen LogP) is 0.923. The molecule has 6 nitrogen and oxygen atoms in total. The van der Waals surface area contributed by atoms with E-state index in [0.717, 1.165) is 5.56 Å². The first-order valence-electron chi connectivity index (χ1n) is 8.34. The molecule has 0 radical (unpaired) electrons. The van der Waals surface area contributed by atoms with Crippen LogP contribution in [-0.2, 0) is 20.9 Å². The van der Waals surface area contributed by atoms with Crippen molar-refractivity contribution in [3.63, 3.8) is 0 Å². The normalized spacial score (nSPS) is 17.2. The van der Waals surface area contributed by atoms with Crippen LogP contribution in [-0.4, -0.2) is 42.3 Å². The number of amides is 3. The van der Waals surface area contributed by atoms with Gasteiger partial charge in [-0.1, -0.05) is 44.2 Å². The second kappa shape index (κ2) is 8.47. The average Bonchev–Trinajstić information content (AvgIpc) is 2.93. The SMILES string of the molecule is CC(C)C(=O)NCCNC(=O)C1CC(=O)N(Cc2ccccc2)C1. The van der Waals surface area contributed by atoms with E-state index in [1.807, 2.05) is 44.2 Å². The van der Waals surface area contributed by atoms with E-state index in [1.165, 1.54) is 0 Å². The minimum absolute atomic E-state index is 0.00659. The van der Waals surface area contributed by atoms with Gasteiger partial charge in [0.05, 0.1) is 5.92 Å². The molecule has 1 heterocycles. The molecule has 1 aromatic rings. The molecular formula is C18H25N3O3. The van der Waals surface area contributed by atoms with Gasteiger partial charge in [0.1, 0.15) is 0 Å². The number of carbonyl (C=O) groups excluding carboxylic acids is 3. The highest BCUT2D eigenvalue weighted by Crippen LogP contribution is 2.20. The van der Waals surface area contributed by atoms with Crippen molar-refractivity contribution in [3.05, 3.63) is 35.9 Å². The Balaban J connectivity index is 1.74. The summed E-state index contributed by atoms with van der Waals surface area (Å²) in [4.78, 5) is 37.4. The summed E-state index contributed by atoms with van der Waals surface area (Å²) in [5.41, 5.74) is 1.06. The summed E-state index contributed by atoms with van der Waals surface area (Å²) < 4.78 is 0. The third kappa shape index (κ3) is 5.08. The van der Waals surface area contributed by atoms with Crippen molar-refractivity contribution < 1.29 is 14.4 Å². The highest BCUT2D eigenvalue weighted by atomic mass is 16.2. The maximum atomic E-state index is 12.2. The van der Waals surface area contributed by atoms with Crippen LogP contribution in [0.15, 0.2) is 30.3 Å². The molecule has 0 spiro atoms. The number of rotatable bonds is 7. The lowest BCUT2D eigenvalue weighted by Gasteiger charge is -2.16. The monoisotopic (exact) mass is 331 g/mol. The Hall–Kier alpha value is -2.37. The first kappa shape index (κ1) is 18.0. The van der Waals surface area contributed by atoms with E-state index in [0.29, 0.717) is 26.2 Å². The molecule has 1 fully saturated rings. The molecule has 0 bridgehead atoms.